The van der Waals surface area contributed by atoms with Gasteiger partial charge in [-0.3, -0.25) is 4.98 Å². The predicted octanol–water partition coefficient (Wildman–Crippen LogP) is 4.66. The summed E-state index contributed by atoms with van der Waals surface area (Å²) in [5, 5.41) is 0.799. The van der Waals surface area contributed by atoms with E-state index in [-0.39, 0.29) is 7.92 Å². The largest absolute Gasteiger partial charge is 0.265 e. The molecule has 0 fully saturated rings. The van der Waals surface area contributed by atoms with Gasteiger partial charge < -0.3 is 0 Å². The fourth-order valence-corrected chi connectivity index (χ4v) is 5.69. The van der Waals surface area contributed by atoms with Gasteiger partial charge in [0.25, 0.3) is 0 Å². The highest BCUT2D eigenvalue weighted by Crippen LogP contribution is 2.61. The topological polar surface area (TPSA) is 12.9 Å². The Bertz CT molecular complexity index is 305. The lowest BCUT2D eigenvalue weighted by molar-refractivity contribution is 0.702. The van der Waals surface area contributed by atoms with Crippen LogP contribution in [-0.2, 0) is 6.16 Å². The molecule has 0 aliphatic heterocycles. The molecule has 0 aromatic carbocycles. The van der Waals surface area contributed by atoms with Crippen LogP contribution in [0.4, 0.5) is 0 Å². The van der Waals surface area contributed by atoms with Crippen molar-refractivity contribution in [3.8, 4) is 0 Å². The van der Waals surface area contributed by atoms with Crippen molar-refractivity contribution in [1.82, 2.24) is 4.98 Å². The Kier molecular flexibility index (Phi) is 4.12. The van der Waals surface area contributed by atoms with Crippen LogP contribution >= 0.6 is 7.92 Å². The van der Waals surface area contributed by atoms with E-state index in [1.165, 1.54) is 11.7 Å². The van der Waals surface area contributed by atoms with E-state index < -0.39 is 0 Å². The first-order valence-electron chi connectivity index (χ1n) is 5.88. The van der Waals surface area contributed by atoms with Gasteiger partial charge in [-0.1, -0.05) is 49.5 Å². The highest BCUT2D eigenvalue weighted by molar-refractivity contribution is 7.60. The van der Waals surface area contributed by atoms with E-state index in [0.29, 0.717) is 10.3 Å². The minimum Gasteiger partial charge on any atom is -0.265 e. The van der Waals surface area contributed by atoms with Crippen molar-refractivity contribution in [3.63, 3.8) is 0 Å². The highest BCUT2D eigenvalue weighted by Gasteiger charge is 2.33. The van der Waals surface area contributed by atoms with Crippen LogP contribution in [0.15, 0.2) is 24.5 Å². The monoisotopic (exact) mass is 237 g/mol. The molecule has 1 rings (SSSR count). The van der Waals surface area contributed by atoms with Gasteiger partial charge in [-0.05, 0) is 34.2 Å². The summed E-state index contributed by atoms with van der Waals surface area (Å²) in [6.07, 6.45) is 4.99. The molecule has 1 nitrogen and oxygen atoms in total. The van der Waals surface area contributed by atoms with Gasteiger partial charge in [-0.25, -0.2) is 0 Å². The Balaban J connectivity index is 2.89. The third kappa shape index (κ3) is 3.87. The summed E-state index contributed by atoms with van der Waals surface area (Å²) >= 11 is 0. The summed E-state index contributed by atoms with van der Waals surface area (Å²) in [5.74, 6) is 0. The molecule has 1 aromatic heterocycles. The first-order valence-corrected chi connectivity index (χ1v) is 7.40. The zero-order valence-electron chi connectivity index (χ0n) is 11.4. The predicted molar refractivity (Wildman–Crippen MR) is 74.4 cm³/mol. The highest BCUT2D eigenvalue weighted by atomic mass is 31.1. The van der Waals surface area contributed by atoms with Crippen LogP contribution in [0.25, 0.3) is 0 Å². The molecule has 0 unspecified atom stereocenters. The Morgan fingerprint density at radius 2 is 1.38 bits per heavy atom. The minimum atomic E-state index is -0.0468. The molecule has 0 saturated heterocycles. The van der Waals surface area contributed by atoms with Crippen molar-refractivity contribution >= 4 is 7.92 Å². The van der Waals surface area contributed by atoms with Crippen LogP contribution in [-0.4, -0.2) is 15.3 Å². The first kappa shape index (κ1) is 13.6. The first-order chi connectivity index (χ1) is 7.21. The van der Waals surface area contributed by atoms with Crippen molar-refractivity contribution in [3.05, 3.63) is 30.1 Å². The zero-order chi connectivity index (χ0) is 12.4. The maximum absolute atomic E-state index is 4.08. The summed E-state index contributed by atoms with van der Waals surface area (Å²) in [4.78, 5) is 4.08. The van der Waals surface area contributed by atoms with Gasteiger partial charge in [0.1, 0.15) is 0 Å². The van der Waals surface area contributed by atoms with E-state index in [4.69, 9.17) is 0 Å². The number of aromatic nitrogens is 1. The number of pyridine rings is 1. The van der Waals surface area contributed by atoms with Crippen LogP contribution in [0.3, 0.4) is 0 Å². The molecule has 0 aliphatic rings. The fourth-order valence-electron chi connectivity index (χ4n) is 2.15. The Morgan fingerprint density at radius 3 is 1.75 bits per heavy atom. The number of rotatable bonds is 2. The second kappa shape index (κ2) is 4.84. The third-order valence-electron chi connectivity index (χ3n) is 2.71. The SMILES string of the molecule is CC(C)(C)P(Cc1ccncc1)C(C)(C)C. The molecule has 1 heterocycles. The molecule has 0 N–H and O–H groups in total. The molecule has 0 amide bonds. The van der Waals surface area contributed by atoms with E-state index >= 15 is 0 Å². The van der Waals surface area contributed by atoms with Crippen molar-refractivity contribution < 1.29 is 0 Å². The second-order valence-corrected chi connectivity index (χ2v) is 10.1. The van der Waals surface area contributed by atoms with Gasteiger partial charge in [-0.2, -0.15) is 0 Å². The third-order valence-corrected chi connectivity index (χ3v) is 6.63. The zero-order valence-corrected chi connectivity index (χ0v) is 12.3. The van der Waals surface area contributed by atoms with E-state index in [9.17, 15) is 0 Å². The van der Waals surface area contributed by atoms with Crippen LogP contribution in [0.1, 0.15) is 47.1 Å². The van der Waals surface area contributed by atoms with Gasteiger partial charge in [-0.15, -0.1) is 0 Å². The fraction of sp³-hybridized carbons (Fsp3) is 0.643. The summed E-state index contributed by atoms with van der Waals surface area (Å²) < 4.78 is 0. The van der Waals surface area contributed by atoms with E-state index in [0.717, 1.165) is 0 Å². The summed E-state index contributed by atoms with van der Waals surface area (Å²) in [5.41, 5.74) is 1.42. The van der Waals surface area contributed by atoms with Gasteiger partial charge >= 0.3 is 0 Å². The Morgan fingerprint density at radius 1 is 0.938 bits per heavy atom. The molecular weight excluding hydrogens is 213 g/mol. The van der Waals surface area contributed by atoms with Crippen LogP contribution in [0.2, 0.25) is 0 Å². The molecule has 0 radical (unpaired) electrons. The maximum atomic E-state index is 4.08. The summed E-state index contributed by atoms with van der Waals surface area (Å²) in [6.45, 7) is 14.2. The quantitative estimate of drug-likeness (QED) is 0.682. The van der Waals surface area contributed by atoms with Crippen LogP contribution in [0, 0.1) is 0 Å². The number of hydrogen-bond acceptors (Lipinski definition) is 1. The minimum absolute atomic E-state index is 0.0468. The number of hydrogen-bond donors (Lipinski definition) is 0. The van der Waals surface area contributed by atoms with Gasteiger partial charge in [0.05, 0.1) is 0 Å². The second-order valence-electron chi connectivity index (χ2n) is 6.28. The lowest BCUT2D eigenvalue weighted by atomic mass is 10.2. The van der Waals surface area contributed by atoms with E-state index in [2.05, 4.69) is 58.7 Å². The van der Waals surface area contributed by atoms with Gasteiger partial charge in [0.15, 0.2) is 0 Å². The van der Waals surface area contributed by atoms with Crippen molar-refractivity contribution in [2.45, 2.75) is 58.0 Å². The smallest absolute Gasteiger partial charge is 0.0270 e. The van der Waals surface area contributed by atoms with E-state index in [1.807, 2.05) is 12.4 Å². The van der Waals surface area contributed by atoms with Gasteiger partial charge in [0, 0.05) is 12.4 Å². The molecule has 16 heavy (non-hydrogen) atoms. The molecule has 0 atom stereocenters. The van der Waals surface area contributed by atoms with Crippen molar-refractivity contribution in [2.24, 2.45) is 0 Å². The molecular formula is C14H24NP. The van der Waals surface area contributed by atoms with Crippen LogP contribution in [0.5, 0.6) is 0 Å². The van der Waals surface area contributed by atoms with Gasteiger partial charge in [0.2, 0.25) is 0 Å². The molecule has 0 saturated carbocycles. The standard InChI is InChI=1S/C14H24NP/c1-13(2,3)16(14(4,5)6)11-12-7-9-15-10-8-12/h7-10H,11H2,1-6H3. The molecule has 0 bridgehead atoms. The number of nitrogens with zero attached hydrogens (tertiary/aromatic N) is 1. The molecule has 2 heteroatoms. The lowest BCUT2D eigenvalue weighted by Gasteiger charge is -2.41. The van der Waals surface area contributed by atoms with Crippen molar-refractivity contribution in [1.29, 1.82) is 0 Å². The molecule has 0 aliphatic carbocycles. The van der Waals surface area contributed by atoms with Crippen LogP contribution < -0.4 is 0 Å². The maximum Gasteiger partial charge on any atom is 0.0270 e. The molecule has 90 valence electrons. The van der Waals surface area contributed by atoms with E-state index in [1.54, 1.807) is 0 Å². The average molecular weight is 237 g/mol. The normalized spacial score (nSPS) is 13.2. The average Bonchev–Trinajstić information content (AvgIpc) is 2.12. The summed E-state index contributed by atoms with van der Waals surface area (Å²) in [7, 11) is -0.0468. The molecule has 1 aromatic rings. The molecule has 0 spiro atoms. The van der Waals surface area contributed by atoms with Crippen molar-refractivity contribution in [2.75, 3.05) is 0 Å². The summed E-state index contributed by atoms with van der Waals surface area (Å²) in [6, 6.07) is 4.29. The lowest BCUT2D eigenvalue weighted by Crippen LogP contribution is -2.25. The Labute approximate surface area is 101 Å². The Hall–Kier alpha value is -0.420.